The van der Waals surface area contributed by atoms with E-state index in [1.807, 2.05) is 6.08 Å². The minimum absolute atomic E-state index is 0.158. The number of aliphatic hydroxyl groups is 1. The summed E-state index contributed by atoms with van der Waals surface area (Å²) in [6, 6.07) is 0. The van der Waals surface area contributed by atoms with Gasteiger partial charge in [-0.2, -0.15) is 0 Å². The summed E-state index contributed by atoms with van der Waals surface area (Å²) in [7, 11) is 0. The molecule has 0 radical (unpaired) electrons. The van der Waals surface area contributed by atoms with Gasteiger partial charge in [-0.15, -0.1) is 0 Å². The zero-order valence-electron chi connectivity index (χ0n) is 14.7. The predicted molar refractivity (Wildman–Crippen MR) is 95.5 cm³/mol. The summed E-state index contributed by atoms with van der Waals surface area (Å²) < 4.78 is 0. The number of allylic oxidation sites excluding steroid dienone is 7. The maximum atomic E-state index is 8.80. The SMILES string of the molecule is CC(C)=CCC/C(C)=C/CC/C(C)=C/CC/C(C)=C\CO. The van der Waals surface area contributed by atoms with Crippen molar-refractivity contribution in [2.75, 3.05) is 6.61 Å². The van der Waals surface area contributed by atoms with Gasteiger partial charge in [-0.05, 0) is 73.1 Å². The van der Waals surface area contributed by atoms with E-state index >= 15 is 0 Å². The minimum Gasteiger partial charge on any atom is -0.392 e. The Labute approximate surface area is 132 Å². The van der Waals surface area contributed by atoms with Gasteiger partial charge in [0.15, 0.2) is 0 Å². The van der Waals surface area contributed by atoms with Gasteiger partial charge in [0, 0.05) is 0 Å². The van der Waals surface area contributed by atoms with Crippen LogP contribution in [0.15, 0.2) is 46.6 Å². The van der Waals surface area contributed by atoms with E-state index in [4.69, 9.17) is 5.11 Å². The fraction of sp³-hybridized carbons (Fsp3) is 0.600. The van der Waals surface area contributed by atoms with Crippen LogP contribution in [0.5, 0.6) is 0 Å². The Kier molecular flexibility index (Phi) is 12.0. The van der Waals surface area contributed by atoms with Gasteiger partial charge in [-0.25, -0.2) is 0 Å². The molecule has 0 aromatic rings. The third-order valence-electron chi connectivity index (χ3n) is 3.59. The Morgan fingerprint density at radius 1 is 0.619 bits per heavy atom. The fourth-order valence-electron chi connectivity index (χ4n) is 2.14. The van der Waals surface area contributed by atoms with Crippen molar-refractivity contribution in [2.45, 2.75) is 73.1 Å². The van der Waals surface area contributed by atoms with Crippen LogP contribution in [-0.2, 0) is 0 Å². The zero-order chi connectivity index (χ0) is 16.1. The molecule has 0 heterocycles. The molecule has 1 heteroatoms. The van der Waals surface area contributed by atoms with Crippen LogP contribution in [0, 0.1) is 0 Å². The summed E-state index contributed by atoms with van der Waals surface area (Å²) in [5, 5.41) is 8.80. The lowest BCUT2D eigenvalue weighted by molar-refractivity contribution is 0.341. The van der Waals surface area contributed by atoms with Gasteiger partial charge in [0.05, 0.1) is 6.61 Å². The first-order valence-electron chi connectivity index (χ1n) is 8.16. The molecule has 0 saturated heterocycles. The molecule has 0 amide bonds. The van der Waals surface area contributed by atoms with E-state index < -0.39 is 0 Å². The van der Waals surface area contributed by atoms with Crippen LogP contribution >= 0.6 is 0 Å². The monoisotopic (exact) mass is 290 g/mol. The summed E-state index contributed by atoms with van der Waals surface area (Å²) in [6.45, 7) is 11.0. The van der Waals surface area contributed by atoms with Crippen LogP contribution < -0.4 is 0 Å². The number of aliphatic hydroxyl groups excluding tert-OH is 1. The Morgan fingerprint density at radius 2 is 1.00 bits per heavy atom. The molecule has 1 nitrogen and oxygen atoms in total. The Hall–Kier alpha value is -1.08. The van der Waals surface area contributed by atoms with E-state index in [2.05, 4.69) is 52.8 Å². The van der Waals surface area contributed by atoms with Crippen molar-refractivity contribution in [3.63, 3.8) is 0 Å². The second-order valence-electron chi connectivity index (χ2n) is 6.23. The molecule has 0 bridgehead atoms. The van der Waals surface area contributed by atoms with Crippen LogP contribution in [0.2, 0.25) is 0 Å². The second-order valence-corrected chi connectivity index (χ2v) is 6.23. The fourth-order valence-corrected chi connectivity index (χ4v) is 2.14. The number of hydrogen-bond acceptors (Lipinski definition) is 1. The van der Waals surface area contributed by atoms with Crippen molar-refractivity contribution < 1.29 is 5.11 Å². The van der Waals surface area contributed by atoms with Gasteiger partial charge < -0.3 is 5.11 Å². The molecule has 0 unspecified atom stereocenters. The third kappa shape index (κ3) is 13.7. The van der Waals surface area contributed by atoms with Gasteiger partial charge >= 0.3 is 0 Å². The van der Waals surface area contributed by atoms with Crippen molar-refractivity contribution in [1.82, 2.24) is 0 Å². The van der Waals surface area contributed by atoms with E-state index in [0.717, 1.165) is 32.1 Å². The van der Waals surface area contributed by atoms with Crippen LogP contribution in [0.1, 0.15) is 73.1 Å². The first-order valence-corrected chi connectivity index (χ1v) is 8.16. The molecule has 0 fully saturated rings. The first kappa shape index (κ1) is 19.9. The summed E-state index contributed by atoms with van der Waals surface area (Å²) in [5.74, 6) is 0. The van der Waals surface area contributed by atoms with Crippen molar-refractivity contribution in [1.29, 1.82) is 0 Å². The lowest BCUT2D eigenvalue weighted by atomic mass is 10.0. The lowest BCUT2D eigenvalue weighted by Gasteiger charge is -2.02. The van der Waals surface area contributed by atoms with Gasteiger partial charge in [0.2, 0.25) is 0 Å². The highest BCUT2D eigenvalue weighted by Gasteiger charge is 1.93. The molecule has 0 aromatic carbocycles. The molecule has 0 aliphatic carbocycles. The molecule has 0 atom stereocenters. The first-order chi connectivity index (χ1) is 9.95. The topological polar surface area (TPSA) is 20.2 Å². The standard InChI is InChI=1S/C20H34O/c1-17(2)9-6-10-18(3)11-7-12-19(4)13-8-14-20(5)15-16-21/h9,11,13,15,21H,6-8,10,12,14,16H2,1-5H3/b18-11+,19-13+,20-15-. The molecular weight excluding hydrogens is 256 g/mol. The molecule has 0 rings (SSSR count). The number of rotatable bonds is 10. The maximum absolute atomic E-state index is 8.80. The molecule has 120 valence electrons. The van der Waals surface area contributed by atoms with Crippen molar-refractivity contribution >= 4 is 0 Å². The Bertz CT molecular complexity index is 390. The summed E-state index contributed by atoms with van der Waals surface area (Å²) >= 11 is 0. The second kappa shape index (κ2) is 12.6. The molecule has 21 heavy (non-hydrogen) atoms. The Balaban J connectivity index is 3.93. The normalized spacial score (nSPS) is 13.5. The van der Waals surface area contributed by atoms with Crippen LogP contribution in [-0.4, -0.2) is 11.7 Å². The molecular formula is C20H34O. The van der Waals surface area contributed by atoms with Gasteiger partial charge in [-0.1, -0.05) is 46.6 Å². The summed E-state index contributed by atoms with van der Waals surface area (Å²) in [5.41, 5.74) is 5.66. The van der Waals surface area contributed by atoms with E-state index in [0.29, 0.717) is 0 Å². The average Bonchev–Trinajstić information content (AvgIpc) is 2.38. The number of hydrogen-bond donors (Lipinski definition) is 1. The van der Waals surface area contributed by atoms with E-state index in [9.17, 15) is 0 Å². The van der Waals surface area contributed by atoms with Gasteiger partial charge in [-0.3, -0.25) is 0 Å². The molecule has 0 saturated carbocycles. The lowest BCUT2D eigenvalue weighted by Crippen LogP contribution is -1.83. The van der Waals surface area contributed by atoms with Gasteiger partial charge in [0.25, 0.3) is 0 Å². The van der Waals surface area contributed by atoms with Crippen molar-refractivity contribution in [2.24, 2.45) is 0 Å². The van der Waals surface area contributed by atoms with E-state index in [1.54, 1.807) is 0 Å². The Morgan fingerprint density at radius 3 is 1.38 bits per heavy atom. The molecule has 0 aliphatic heterocycles. The molecule has 0 aliphatic rings. The highest BCUT2D eigenvalue weighted by atomic mass is 16.2. The van der Waals surface area contributed by atoms with Crippen LogP contribution in [0.3, 0.4) is 0 Å². The highest BCUT2D eigenvalue weighted by Crippen LogP contribution is 2.13. The minimum atomic E-state index is 0.158. The summed E-state index contributed by atoms with van der Waals surface area (Å²) in [6.07, 6.45) is 15.7. The van der Waals surface area contributed by atoms with Gasteiger partial charge in [0.1, 0.15) is 0 Å². The van der Waals surface area contributed by atoms with Crippen molar-refractivity contribution in [3.8, 4) is 0 Å². The largest absolute Gasteiger partial charge is 0.392 e. The van der Waals surface area contributed by atoms with Crippen LogP contribution in [0.4, 0.5) is 0 Å². The average molecular weight is 290 g/mol. The summed E-state index contributed by atoms with van der Waals surface area (Å²) in [4.78, 5) is 0. The van der Waals surface area contributed by atoms with E-state index in [1.165, 1.54) is 28.7 Å². The zero-order valence-corrected chi connectivity index (χ0v) is 14.7. The van der Waals surface area contributed by atoms with Crippen LogP contribution in [0.25, 0.3) is 0 Å². The van der Waals surface area contributed by atoms with E-state index in [-0.39, 0.29) is 6.61 Å². The van der Waals surface area contributed by atoms with Crippen molar-refractivity contribution in [3.05, 3.63) is 46.6 Å². The molecule has 1 N–H and O–H groups in total. The smallest absolute Gasteiger partial charge is 0.0614 e. The predicted octanol–water partition coefficient (Wildman–Crippen LogP) is 6.12. The quantitative estimate of drug-likeness (QED) is 0.480. The molecule has 0 spiro atoms. The third-order valence-corrected chi connectivity index (χ3v) is 3.59. The highest BCUT2D eigenvalue weighted by molar-refractivity contribution is 5.07. The maximum Gasteiger partial charge on any atom is 0.0614 e. The molecule has 0 aromatic heterocycles.